The first-order valence-electron chi connectivity index (χ1n) is 43.2. The molecule has 0 heterocycles. The predicted molar refractivity (Wildman–Crippen MR) is 518 cm³/mol. The van der Waals surface area contributed by atoms with Gasteiger partial charge in [-0.1, -0.05) is 461 Å². The summed E-state index contributed by atoms with van der Waals surface area (Å²) in [6.07, 6.45) is 12.5. The van der Waals surface area contributed by atoms with Gasteiger partial charge in [-0.15, -0.1) is 0 Å². The van der Waals surface area contributed by atoms with E-state index >= 15 is 0 Å². The van der Waals surface area contributed by atoms with Crippen molar-refractivity contribution >= 4 is 21.5 Å². The molecule has 0 saturated heterocycles. The maximum Gasteiger partial charge on any atom is -0.0132 e. The summed E-state index contributed by atoms with van der Waals surface area (Å²) in [4.78, 5) is 0. The van der Waals surface area contributed by atoms with E-state index in [-0.39, 0.29) is 5.41 Å². The van der Waals surface area contributed by atoms with Gasteiger partial charge in [0, 0.05) is 0 Å². The topological polar surface area (TPSA) is 0 Å². The molecule has 2 atom stereocenters. The second-order valence-corrected chi connectivity index (χ2v) is 33.5. The number of benzene rings is 13. The second-order valence-electron chi connectivity index (χ2n) is 33.5. The van der Waals surface area contributed by atoms with Crippen molar-refractivity contribution in [3.05, 3.63) is 414 Å². The Labute approximate surface area is 704 Å². The molecule has 0 aliphatic rings. The Hall–Kier alpha value is -9.62. The number of hydrogen-bond acceptors (Lipinski definition) is 0. The van der Waals surface area contributed by atoms with Crippen molar-refractivity contribution in [2.24, 2.45) is 5.92 Å². The third kappa shape index (κ3) is 43.1. The van der Waals surface area contributed by atoms with Gasteiger partial charge in [-0.05, 0) is 248 Å². The molecule has 0 radical (unpaired) electrons. The van der Waals surface area contributed by atoms with Gasteiger partial charge >= 0.3 is 0 Å². The third-order valence-corrected chi connectivity index (χ3v) is 20.8. The molecule has 0 heteroatoms. The van der Waals surface area contributed by atoms with Crippen LogP contribution in [0.2, 0.25) is 0 Å². The summed E-state index contributed by atoms with van der Waals surface area (Å²) in [6.45, 7) is 58.8. The van der Waals surface area contributed by atoms with E-state index in [9.17, 15) is 0 Å². The van der Waals surface area contributed by atoms with Crippen molar-refractivity contribution in [1.29, 1.82) is 0 Å². The molecule has 0 amide bonds. The molecule has 0 aromatic heterocycles. The second kappa shape index (κ2) is 55.8. The largest absolute Gasteiger partial charge is 0.0654 e. The molecule has 0 bridgehead atoms. The summed E-state index contributed by atoms with van der Waals surface area (Å²) in [7, 11) is 0. The smallest absolute Gasteiger partial charge is 0.0132 e. The third-order valence-electron chi connectivity index (χ3n) is 20.8. The molecule has 0 aliphatic heterocycles. The Morgan fingerprint density at radius 3 is 1.04 bits per heavy atom. The van der Waals surface area contributed by atoms with Crippen LogP contribution in [0.15, 0.2) is 291 Å². The van der Waals surface area contributed by atoms with Gasteiger partial charge in [0.05, 0.1) is 0 Å². The van der Waals surface area contributed by atoms with Crippen LogP contribution in [0.5, 0.6) is 0 Å². The first kappa shape index (κ1) is 99.6. The average molecular weight is 1530 g/mol. The van der Waals surface area contributed by atoms with Crippen molar-refractivity contribution < 1.29 is 0 Å². The molecule has 13 aromatic carbocycles. The molecule has 2 unspecified atom stereocenters. The zero-order valence-electron chi connectivity index (χ0n) is 77.0. The predicted octanol–water partition coefficient (Wildman–Crippen LogP) is 34.3. The molecule has 612 valence electrons. The maximum absolute atomic E-state index is 2.31. The molecular formula is C115H152. The minimum absolute atomic E-state index is 0.285. The van der Waals surface area contributed by atoms with E-state index in [4.69, 9.17) is 0 Å². The normalized spacial score (nSPS) is 10.7. The number of hydrogen-bond donors (Lipinski definition) is 0. The fourth-order valence-electron chi connectivity index (χ4n) is 12.4. The highest BCUT2D eigenvalue weighted by molar-refractivity contribution is 5.85. The van der Waals surface area contributed by atoms with Gasteiger partial charge in [0.15, 0.2) is 0 Å². The van der Waals surface area contributed by atoms with Crippen LogP contribution in [0.4, 0.5) is 0 Å². The monoisotopic (exact) mass is 1530 g/mol. The van der Waals surface area contributed by atoms with E-state index in [1.807, 2.05) is 0 Å². The van der Waals surface area contributed by atoms with Gasteiger partial charge in [-0.25, -0.2) is 0 Å². The summed E-state index contributed by atoms with van der Waals surface area (Å²) in [6, 6.07) is 104. The van der Waals surface area contributed by atoms with Crippen molar-refractivity contribution in [3.8, 4) is 0 Å². The van der Waals surface area contributed by atoms with Crippen molar-refractivity contribution in [1.82, 2.24) is 0 Å². The fourth-order valence-corrected chi connectivity index (χ4v) is 12.4. The lowest BCUT2D eigenvalue weighted by Crippen LogP contribution is -2.10. The van der Waals surface area contributed by atoms with Gasteiger partial charge in [0.2, 0.25) is 0 Å². The van der Waals surface area contributed by atoms with E-state index in [0.717, 1.165) is 18.3 Å². The molecule has 13 aromatic rings. The van der Waals surface area contributed by atoms with E-state index < -0.39 is 0 Å². The summed E-state index contributed by atoms with van der Waals surface area (Å²) < 4.78 is 0. The molecule has 0 saturated carbocycles. The van der Waals surface area contributed by atoms with Crippen molar-refractivity contribution in [2.45, 2.75) is 268 Å². The molecular weight excluding hydrogens is 1380 g/mol. The van der Waals surface area contributed by atoms with Crippen LogP contribution in [0.3, 0.4) is 0 Å². The SMILES string of the molecule is CCC(C)Cc1ccc(C)cc1.CCCC(C)c1ccc(C)cc1.CCCCc1ccc(C)cc1.CCCc1ccc(C)cc1.CCc1ccc(C)cc1.Cc1cc(C)c(C)c(C)c1.Cc1ccc(C(C)(C)C)cc1.Cc1ccc(C(C)C)cc1.Cc1ccc(C)cc1.Cc1ccc2ccccc2c1.Cc1cccc2ccccc12. The first-order chi connectivity index (χ1) is 54.8. The minimum Gasteiger partial charge on any atom is -0.0654 e. The average Bonchev–Trinajstić information content (AvgIpc) is 0.852. The number of rotatable bonds is 13. The van der Waals surface area contributed by atoms with E-state index in [0.29, 0.717) is 5.92 Å². The Morgan fingerprint density at radius 1 is 0.278 bits per heavy atom. The molecule has 0 spiro atoms. The minimum atomic E-state index is 0.285. The van der Waals surface area contributed by atoms with Crippen LogP contribution in [-0.2, 0) is 31.1 Å². The van der Waals surface area contributed by atoms with Crippen LogP contribution in [0.25, 0.3) is 21.5 Å². The van der Waals surface area contributed by atoms with Crippen LogP contribution in [-0.4, -0.2) is 0 Å². The standard InChI is InChI=1S/2C12H18.2C11H10.2C11H16.3C10H14.C9H12.C8H10/c1-4-10(2)9-12-7-5-11(3)6-8-12;1-4-5-11(3)12-8-6-10(2)7-9-12;1-9-5-4-7-10-6-2-3-8-11(9)10;1-9-6-7-10-4-2-3-5-11(10)8-9;1-9-5-7-10(8-6-9)11(2,3)4;1-3-4-5-11-8-6-10(2)7-9-11;1-7-5-8(2)10(4)9(3)6-7;1-8(2)10-6-4-9(3)5-7-10;1-3-4-10-7-5-9(2)6-8-10;1-3-9-6-4-8(2)5-7-9;1-7-3-5-8(2)6-4-7/h5-8,10H,4,9H2,1-3H3;6-9,11H,4-5H2,1-3H3;2*2-8H,1H3;5-8H,1-4H3;6-9H,3-5H2,1-2H3;5-6H,1-4H3;4-8H,1-3H3;5-8H,3-4H2,1-2H3;4-7H,3H2,1-2H3;3-6H,1-2H3. The van der Waals surface area contributed by atoms with Crippen molar-refractivity contribution in [2.75, 3.05) is 0 Å². The van der Waals surface area contributed by atoms with Crippen LogP contribution in [0, 0.1) is 110 Å². The molecule has 0 aliphatic carbocycles. The highest BCUT2D eigenvalue weighted by Gasteiger charge is 2.12. The number of fused-ring (bicyclic) bond motifs is 2. The maximum atomic E-state index is 2.31. The molecule has 0 nitrogen and oxygen atoms in total. The van der Waals surface area contributed by atoms with Gasteiger partial charge in [0.25, 0.3) is 0 Å². The molecule has 0 N–H and O–H groups in total. The summed E-state index contributed by atoms with van der Waals surface area (Å²) >= 11 is 0. The van der Waals surface area contributed by atoms with Gasteiger partial charge in [-0.3, -0.25) is 0 Å². The number of aryl methyl sites for hydroxylation is 17. The van der Waals surface area contributed by atoms with E-state index in [1.54, 1.807) is 0 Å². The quantitative estimate of drug-likeness (QED) is 0.108. The highest BCUT2D eigenvalue weighted by atomic mass is 14.2. The van der Waals surface area contributed by atoms with E-state index in [2.05, 4.69) is 478 Å². The number of unbranched alkanes of at least 4 members (excludes halogenated alkanes) is 1. The molecule has 13 rings (SSSR count). The Bertz CT molecular complexity index is 4600. The zero-order chi connectivity index (χ0) is 85.3. The lowest BCUT2D eigenvalue weighted by molar-refractivity contribution is 0.560. The van der Waals surface area contributed by atoms with Crippen molar-refractivity contribution in [3.63, 3.8) is 0 Å². The zero-order valence-corrected chi connectivity index (χ0v) is 77.0. The highest BCUT2D eigenvalue weighted by Crippen LogP contribution is 2.24. The summed E-state index contributed by atoms with van der Waals surface area (Å²) in [5, 5.41) is 5.33. The summed E-state index contributed by atoms with van der Waals surface area (Å²) in [5.41, 5.74) is 30.7. The Kier molecular flexibility index (Phi) is 48.3. The van der Waals surface area contributed by atoms with Crippen LogP contribution in [0.1, 0.15) is 256 Å². The van der Waals surface area contributed by atoms with Gasteiger partial charge in [-0.2, -0.15) is 0 Å². The van der Waals surface area contributed by atoms with E-state index in [1.165, 1.54) is 202 Å². The van der Waals surface area contributed by atoms with Gasteiger partial charge < -0.3 is 0 Å². The lowest BCUT2D eigenvalue weighted by atomic mass is 9.87. The Morgan fingerprint density at radius 2 is 0.643 bits per heavy atom. The first-order valence-corrected chi connectivity index (χ1v) is 43.2. The summed E-state index contributed by atoms with van der Waals surface area (Å²) in [5.74, 6) is 2.18. The molecule has 0 fully saturated rings. The van der Waals surface area contributed by atoms with Crippen LogP contribution < -0.4 is 0 Å². The lowest BCUT2D eigenvalue weighted by Gasteiger charge is -2.18. The Balaban J connectivity index is 0.000000328. The van der Waals surface area contributed by atoms with Crippen LogP contribution >= 0.6 is 0 Å². The van der Waals surface area contributed by atoms with Gasteiger partial charge in [0.1, 0.15) is 0 Å². The molecule has 115 heavy (non-hydrogen) atoms. The fraction of sp³-hybridized carbons (Fsp3) is 0.357.